The number of rotatable bonds is 9. The molecule has 3 unspecified atom stereocenters. The Bertz CT molecular complexity index is 138. The molecule has 2 heteroatoms. The van der Waals surface area contributed by atoms with Gasteiger partial charge in [-0.1, -0.05) is 40.5 Å². The lowest BCUT2D eigenvalue weighted by Gasteiger charge is -2.31. The Balaban J connectivity index is 4.28. The fraction of sp³-hybridized carbons (Fsp3) is 1.00. The summed E-state index contributed by atoms with van der Waals surface area (Å²) in [5.74, 6) is 0.688. The second-order valence-electron chi connectivity index (χ2n) is 4.43. The Morgan fingerprint density at radius 1 is 1.13 bits per heavy atom. The van der Waals surface area contributed by atoms with Crippen LogP contribution >= 0.6 is 0 Å². The molecule has 0 saturated carbocycles. The third-order valence-corrected chi connectivity index (χ3v) is 3.16. The van der Waals surface area contributed by atoms with Crippen LogP contribution in [-0.2, 0) is 4.74 Å². The minimum Gasteiger partial charge on any atom is -0.380 e. The molecule has 0 saturated heterocycles. The molecule has 3 atom stereocenters. The van der Waals surface area contributed by atoms with Crippen molar-refractivity contribution < 1.29 is 4.74 Å². The summed E-state index contributed by atoms with van der Waals surface area (Å²) in [6, 6.07) is 0.514. The zero-order chi connectivity index (χ0) is 11.7. The molecule has 0 aliphatic carbocycles. The van der Waals surface area contributed by atoms with Crippen LogP contribution in [0.15, 0.2) is 0 Å². The van der Waals surface area contributed by atoms with Crippen LogP contribution < -0.4 is 5.32 Å². The maximum Gasteiger partial charge on any atom is 0.0726 e. The first kappa shape index (κ1) is 14.9. The molecule has 0 aromatic heterocycles. The van der Waals surface area contributed by atoms with Crippen LogP contribution in [-0.4, -0.2) is 25.8 Å². The van der Waals surface area contributed by atoms with E-state index >= 15 is 0 Å². The van der Waals surface area contributed by atoms with Gasteiger partial charge in [0.2, 0.25) is 0 Å². The molecule has 0 amide bonds. The lowest BCUT2D eigenvalue weighted by molar-refractivity contribution is 0.0426. The Labute approximate surface area is 95.8 Å². The van der Waals surface area contributed by atoms with E-state index in [1.807, 2.05) is 7.11 Å². The maximum atomic E-state index is 5.61. The van der Waals surface area contributed by atoms with Gasteiger partial charge >= 0.3 is 0 Å². The van der Waals surface area contributed by atoms with E-state index in [0.717, 1.165) is 13.0 Å². The fourth-order valence-electron chi connectivity index (χ4n) is 1.99. The van der Waals surface area contributed by atoms with Gasteiger partial charge < -0.3 is 10.1 Å². The highest BCUT2D eigenvalue weighted by atomic mass is 16.5. The topological polar surface area (TPSA) is 21.3 Å². The van der Waals surface area contributed by atoms with Gasteiger partial charge in [0.15, 0.2) is 0 Å². The molecule has 0 aliphatic heterocycles. The summed E-state index contributed by atoms with van der Waals surface area (Å²) in [5.41, 5.74) is 0. The fourth-order valence-corrected chi connectivity index (χ4v) is 1.99. The molecular formula is C13H29NO. The van der Waals surface area contributed by atoms with Crippen molar-refractivity contribution in [1.82, 2.24) is 5.32 Å². The monoisotopic (exact) mass is 215 g/mol. The second kappa shape index (κ2) is 9.17. The maximum absolute atomic E-state index is 5.61. The van der Waals surface area contributed by atoms with Crippen molar-refractivity contribution in [2.45, 2.75) is 65.5 Å². The quantitative estimate of drug-likeness (QED) is 0.637. The van der Waals surface area contributed by atoms with Crippen LogP contribution in [0.4, 0.5) is 0 Å². The van der Waals surface area contributed by atoms with E-state index in [2.05, 4.69) is 33.0 Å². The van der Waals surface area contributed by atoms with Crippen molar-refractivity contribution in [1.29, 1.82) is 0 Å². The number of ether oxygens (including phenoxy) is 1. The number of hydrogen-bond donors (Lipinski definition) is 1. The van der Waals surface area contributed by atoms with E-state index in [9.17, 15) is 0 Å². The highest BCUT2D eigenvalue weighted by Crippen LogP contribution is 2.17. The summed E-state index contributed by atoms with van der Waals surface area (Å²) >= 11 is 0. The number of nitrogens with one attached hydrogen (secondary N) is 1. The SMILES string of the molecule is CCCNC(C(C)CC)C(CCC)OC. The molecule has 15 heavy (non-hydrogen) atoms. The van der Waals surface area contributed by atoms with E-state index in [1.54, 1.807) is 0 Å². The first-order valence-corrected chi connectivity index (χ1v) is 6.47. The van der Waals surface area contributed by atoms with Gasteiger partial charge in [0.05, 0.1) is 6.10 Å². The highest BCUT2D eigenvalue weighted by Gasteiger charge is 2.24. The zero-order valence-corrected chi connectivity index (χ0v) is 11.2. The summed E-state index contributed by atoms with van der Waals surface area (Å²) in [5, 5.41) is 3.63. The van der Waals surface area contributed by atoms with Crippen molar-refractivity contribution in [2.24, 2.45) is 5.92 Å². The summed E-state index contributed by atoms with van der Waals surface area (Å²) < 4.78 is 5.61. The Hall–Kier alpha value is -0.0800. The van der Waals surface area contributed by atoms with Gasteiger partial charge in [-0.3, -0.25) is 0 Å². The predicted molar refractivity (Wildman–Crippen MR) is 67.2 cm³/mol. The summed E-state index contributed by atoms with van der Waals surface area (Å²) in [6.07, 6.45) is 5.12. The minimum atomic E-state index is 0.372. The van der Waals surface area contributed by atoms with E-state index in [-0.39, 0.29) is 0 Å². The molecule has 2 nitrogen and oxygen atoms in total. The lowest BCUT2D eigenvalue weighted by Crippen LogP contribution is -2.45. The Morgan fingerprint density at radius 2 is 1.80 bits per heavy atom. The lowest BCUT2D eigenvalue weighted by atomic mass is 9.92. The molecule has 0 bridgehead atoms. The normalized spacial score (nSPS) is 17.4. The van der Waals surface area contributed by atoms with Gasteiger partial charge in [-0.25, -0.2) is 0 Å². The summed E-state index contributed by atoms with van der Waals surface area (Å²) in [6.45, 7) is 10.1. The van der Waals surface area contributed by atoms with E-state index in [1.165, 1.54) is 19.3 Å². The van der Waals surface area contributed by atoms with Gasteiger partial charge in [-0.2, -0.15) is 0 Å². The van der Waals surface area contributed by atoms with Crippen LogP contribution in [0.25, 0.3) is 0 Å². The Kier molecular flexibility index (Phi) is 9.12. The standard InChI is InChI=1S/C13H29NO/c1-6-9-12(15-5)13(11(4)8-3)14-10-7-2/h11-14H,6-10H2,1-5H3. The van der Waals surface area contributed by atoms with E-state index in [0.29, 0.717) is 18.1 Å². The molecule has 0 aromatic carbocycles. The molecule has 0 fully saturated rings. The second-order valence-corrected chi connectivity index (χ2v) is 4.43. The predicted octanol–water partition coefficient (Wildman–Crippen LogP) is 3.22. The third-order valence-electron chi connectivity index (χ3n) is 3.16. The molecule has 0 aliphatic rings. The van der Waals surface area contributed by atoms with Crippen LogP contribution in [0.2, 0.25) is 0 Å². The molecule has 92 valence electrons. The van der Waals surface area contributed by atoms with Gasteiger partial charge in [0.25, 0.3) is 0 Å². The van der Waals surface area contributed by atoms with Crippen molar-refractivity contribution >= 4 is 0 Å². The van der Waals surface area contributed by atoms with Gasteiger partial charge in [0.1, 0.15) is 0 Å². The smallest absolute Gasteiger partial charge is 0.0726 e. The van der Waals surface area contributed by atoms with Crippen LogP contribution in [0, 0.1) is 5.92 Å². The van der Waals surface area contributed by atoms with Crippen LogP contribution in [0.5, 0.6) is 0 Å². The van der Waals surface area contributed by atoms with Crippen molar-refractivity contribution in [2.75, 3.05) is 13.7 Å². The average molecular weight is 215 g/mol. The molecule has 0 aromatic rings. The molecule has 1 N–H and O–H groups in total. The minimum absolute atomic E-state index is 0.372. The van der Waals surface area contributed by atoms with Gasteiger partial charge in [-0.15, -0.1) is 0 Å². The first-order valence-electron chi connectivity index (χ1n) is 6.47. The van der Waals surface area contributed by atoms with Crippen molar-refractivity contribution in [3.8, 4) is 0 Å². The zero-order valence-electron chi connectivity index (χ0n) is 11.2. The van der Waals surface area contributed by atoms with E-state index in [4.69, 9.17) is 4.74 Å². The van der Waals surface area contributed by atoms with E-state index < -0.39 is 0 Å². The highest BCUT2D eigenvalue weighted by molar-refractivity contribution is 4.81. The van der Waals surface area contributed by atoms with Crippen LogP contribution in [0.1, 0.15) is 53.4 Å². The molecular weight excluding hydrogens is 186 g/mol. The van der Waals surface area contributed by atoms with Crippen molar-refractivity contribution in [3.05, 3.63) is 0 Å². The number of methoxy groups -OCH3 is 1. The molecule has 0 rings (SSSR count). The van der Waals surface area contributed by atoms with Crippen molar-refractivity contribution in [3.63, 3.8) is 0 Å². The molecule has 0 spiro atoms. The molecule has 0 heterocycles. The number of hydrogen-bond acceptors (Lipinski definition) is 2. The third kappa shape index (κ3) is 5.53. The van der Waals surface area contributed by atoms with Crippen LogP contribution in [0.3, 0.4) is 0 Å². The van der Waals surface area contributed by atoms with Gasteiger partial charge in [0, 0.05) is 13.2 Å². The molecule has 0 radical (unpaired) electrons. The Morgan fingerprint density at radius 3 is 2.20 bits per heavy atom. The summed E-state index contributed by atoms with van der Waals surface area (Å²) in [7, 11) is 1.84. The van der Waals surface area contributed by atoms with Gasteiger partial charge in [-0.05, 0) is 25.3 Å². The summed E-state index contributed by atoms with van der Waals surface area (Å²) in [4.78, 5) is 0. The first-order chi connectivity index (χ1) is 7.21. The largest absolute Gasteiger partial charge is 0.380 e. The average Bonchev–Trinajstić information content (AvgIpc) is 2.27.